The Labute approximate surface area is 168 Å². The molecule has 0 amide bonds. The fourth-order valence-corrected chi connectivity index (χ4v) is 4.42. The van der Waals surface area contributed by atoms with Crippen molar-refractivity contribution < 1.29 is 30.3 Å². The number of aliphatic hydroxyl groups excluding tert-OH is 5. The predicted octanol–water partition coefficient (Wildman–Crippen LogP) is 1.23. The van der Waals surface area contributed by atoms with Crippen molar-refractivity contribution in [2.45, 2.75) is 48.4 Å². The first-order valence-corrected chi connectivity index (χ1v) is 10.2. The van der Waals surface area contributed by atoms with Crippen LogP contribution < -0.4 is 4.74 Å². The fraction of sp³-hybridized carbons (Fsp3) is 0.429. The van der Waals surface area contributed by atoms with Crippen LogP contribution in [0.2, 0.25) is 0 Å². The first kappa shape index (κ1) is 21.1. The van der Waals surface area contributed by atoms with Gasteiger partial charge in [-0.2, -0.15) is 0 Å². The van der Waals surface area contributed by atoms with Crippen molar-refractivity contribution in [1.82, 2.24) is 0 Å². The molecule has 6 nitrogen and oxygen atoms in total. The SMILES string of the molecule is CC(O)c1ccc(Cc2ccccc2O[C@H]2S[C@@H](CO)[C@@H](O)[C@H](O)[C@H]2O)cc1. The number of para-hydroxylation sites is 1. The van der Waals surface area contributed by atoms with Crippen LogP contribution in [0.4, 0.5) is 0 Å². The summed E-state index contributed by atoms with van der Waals surface area (Å²) in [5, 5.41) is 48.7. The zero-order valence-electron chi connectivity index (χ0n) is 15.5. The van der Waals surface area contributed by atoms with Crippen LogP contribution in [-0.4, -0.2) is 61.1 Å². The summed E-state index contributed by atoms with van der Waals surface area (Å²) in [6, 6.07) is 15.1. The summed E-state index contributed by atoms with van der Waals surface area (Å²) in [5.74, 6) is 0.568. The van der Waals surface area contributed by atoms with Gasteiger partial charge in [-0.15, -0.1) is 11.8 Å². The Kier molecular flexibility index (Phi) is 6.98. The first-order chi connectivity index (χ1) is 13.4. The third-order valence-corrected chi connectivity index (χ3v) is 6.34. The standard InChI is InChI=1S/C21H26O6S/c1-12(23)14-8-6-13(7-9-14)10-15-4-2-3-5-16(15)27-21-20(26)19(25)18(24)17(11-22)28-21/h2-9,12,17-26H,10-11H2,1H3/t12?,17-,18+,19-,20+,21-/m0/s1. The van der Waals surface area contributed by atoms with E-state index in [0.29, 0.717) is 12.2 Å². The van der Waals surface area contributed by atoms with Gasteiger partial charge in [-0.1, -0.05) is 42.5 Å². The highest BCUT2D eigenvalue weighted by Gasteiger charge is 2.44. The summed E-state index contributed by atoms with van der Waals surface area (Å²) < 4.78 is 5.97. The highest BCUT2D eigenvalue weighted by molar-refractivity contribution is 8.00. The lowest BCUT2D eigenvalue weighted by Crippen LogP contribution is -2.55. The Balaban J connectivity index is 1.76. The van der Waals surface area contributed by atoms with E-state index in [4.69, 9.17) is 4.74 Å². The molecule has 1 unspecified atom stereocenters. The predicted molar refractivity (Wildman–Crippen MR) is 107 cm³/mol. The summed E-state index contributed by atoms with van der Waals surface area (Å²) in [6.45, 7) is 1.39. The lowest BCUT2D eigenvalue weighted by molar-refractivity contribution is -0.0910. The molecule has 1 aliphatic heterocycles. The molecule has 0 radical (unpaired) electrons. The van der Waals surface area contributed by atoms with Gasteiger partial charge in [-0.05, 0) is 29.7 Å². The molecule has 0 saturated carbocycles. The van der Waals surface area contributed by atoms with Crippen molar-refractivity contribution in [1.29, 1.82) is 0 Å². The Bertz CT molecular complexity index is 764. The van der Waals surface area contributed by atoms with Gasteiger partial charge in [-0.3, -0.25) is 0 Å². The largest absolute Gasteiger partial charge is 0.477 e. The normalized spacial score (nSPS) is 28.7. The van der Waals surface area contributed by atoms with E-state index in [-0.39, 0.29) is 6.61 Å². The third kappa shape index (κ3) is 4.68. The molecular formula is C21H26O6S. The molecule has 5 N–H and O–H groups in total. The van der Waals surface area contributed by atoms with Crippen molar-refractivity contribution in [2.24, 2.45) is 0 Å². The first-order valence-electron chi connectivity index (χ1n) is 9.22. The molecule has 0 spiro atoms. The smallest absolute Gasteiger partial charge is 0.173 e. The molecule has 1 aliphatic rings. The lowest BCUT2D eigenvalue weighted by Gasteiger charge is -2.39. The Morgan fingerprint density at radius 1 is 0.964 bits per heavy atom. The van der Waals surface area contributed by atoms with Crippen molar-refractivity contribution in [3.8, 4) is 5.75 Å². The molecule has 2 aromatic rings. The molecule has 3 rings (SSSR count). The van der Waals surface area contributed by atoms with Gasteiger partial charge in [0.2, 0.25) is 0 Å². The van der Waals surface area contributed by atoms with Gasteiger partial charge in [0.1, 0.15) is 18.0 Å². The van der Waals surface area contributed by atoms with Gasteiger partial charge in [-0.25, -0.2) is 0 Å². The average Bonchev–Trinajstić information content (AvgIpc) is 2.70. The minimum atomic E-state index is -1.39. The Morgan fingerprint density at radius 3 is 2.29 bits per heavy atom. The number of rotatable bonds is 6. The monoisotopic (exact) mass is 406 g/mol. The van der Waals surface area contributed by atoms with E-state index >= 15 is 0 Å². The van der Waals surface area contributed by atoms with Crippen LogP contribution in [0, 0.1) is 0 Å². The number of benzene rings is 2. The second-order valence-corrected chi connectivity index (χ2v) is 8.36. The van der Waals surface area contributed by atoms with E-state index in [2.05, 4.69) is 0 Å². The summed E-state index contributed by atoms with van der Waals surface area (Å²) in [5.41, 5.74) is 1.98. The number of hydrogen-bond acceptors (Lipinski definition) is 7. The second kappa shape index (κ2) is 9.26. The molecule has 1 fully saturated rings. The molecule has 0 aromatic heterocycles. The van der Waals surface area contributed by atoms with Crippen LogP contribution >= 0.6 is 11.8 Å². The van der Waals surface area contributed by atoms with Crippen LogP contribution in [-0.2, 0) is 6.42 Å². The maximum absolute atomic E-state index is 10.3. The van der Waals surface area contributed by atoms with Crippen molar-refractivity contribution in [3.63, 3.8) is 0 Å². The van der Waals surface area contributed by atoms with Crippen molar-refractivity contribution >= 4 is 11.8 Å². The third-order valence-electron chi connectivity index (χ3n) is 4.92. The van der Waals surface area contributed by atoms with E-state index in [9.17, 15) is 25.5 Å². The summed E-state index contributed by atoms with van der Waals surface area (Å²) >= 11 is 1.11. The summed E-state index contributed by atoms with van der Waals surface area (Å²) in [6.07, 6.45) is -3.80. The molecular weight excluding hydrogens is 380 g/mol. The van der Waals surface area contributed by atoms with Gasteiger partial charge in [0.05, 0.1) is 24.1 Å². The maximum atomic E-state index is 10.3. The van der Waals surface area contributed by atoms with Crippen molar-refractivity contribution in [3.05, 3.63) is 65.2 Å². The van der Waals surface area contributed by atoms with Crippen molar-refractivity contribution in [2.75, 3.05) is 6.61 Å². The van der Waals surface area contributed by atoms with Crippen LogP contribution in [0.1, 0.15) is 29.7 Å². The molecule has 0 bridgehead atoms. The van der Waals surface area contributed by atoms with Gasteiger partial charge < -0.3 is 30.3 Å². The highest BCUT2D eigenvalue weighted by atomic mass is 32.2. The van der Waals surface area contributed by atoms with Crippen LogP contribution in [0.5, 0.6) is 5.75 Å². The van der Waals surface area contributed by atoms with Gasteiger partial charge in [0.15, 0.2) is 5.44 Å². The number of hydrogen-bond donors (Lipinski definition) is 5. The van der Waals surface area contributed by atoms with E-state index in [1.54, 1.807) is 13.0 Å². The van der Waals surface area contributed by atoms with Gasteiger partial charge in [0, 0.05) is 6.42 Å². The van der Waals surface area contributed by atoms with E-state index in [1.165, 1.54) is 0 Å². The topological polar surface area (TPSA) is 110 Å². The Hall–Kier alpha value is -1.61. The molecule has 1 saturated heterocycles. The lowest BCUT2D eigenvalue weighted by atomic mass is 10.0. The average molecular weight is 407 g/mol. The van der Waals surface area contributed by atoms with E-state index < -0.39 is 35.1 Å². The van der Waals surface area contributed by atoms with E-state index in [0.717, 1.165) is 28.5 Å². The number of ether oxygens (including phenoxy) is 1. The Morgan fingerprint density at radius 2 is 1.64 bits per heavy atom. The number of thioether (sulfide) groups is 1. The van der Waals surface area contributed by atoms with E-state index in [1.807, 2.05) is 42.5 Å². The maximum Gasteiger partial charge on any atom is 0.173 e. The second-order valence-electron chi connectivity index (χ2n) is 7.02. The molecule has 0 aliphatic carbocycles. The highest BCUT2D eigenvalue weighted by Crippen LogP contribution is 2.35. The van der Waals surface area contributed by atoms with Crippen LogP contribution in [0.25, 0.3) is 0 Å². The molecule has 6 atom stereocenters. The fourth-order valence-electron chi connectivity index (χ4n) is 3.19. The molecule has 2 aromatic carbocycles. The summed E-state index contributed by atoms with van der Waals surface area (Å²) in [7, 11) is 0. The molecule has 28 heavy (non-hydrogen) atoms. The summed E-state index contributed by atoms with van der Waals surface area (Å²) in [4.78, 5) is 0. The van der Waals surface area contributed by atoms with Gasteiger partial charge >= 0.3 is 0 Å². The minimum Gasteiger partial charge on any atom is -0.477 e. The van der Waals surface area contributed by atoms with Crippen LogP contribution in [0.3, 0.4) is 0 Å². The zero-order chi connectivity index (χ0) is 20.3. The molecule has 7 heteroatoms. The minimum absolute atomic E-state index is 0.327. The quantitative estimate of drug-likeness (QED) is 0.491. The number of aliphatic hydroxyl groups is 5. The molecule has 152 valence electrons. The van der Waals surface area contributed by atoms with Crippen LogP contribution in [0.15, 0.2) is 48.5 Å². The van der Waals surface area contributed by atoms with Gasteiger partial charge in [0.25, 0.3) is 0 Å². The zero-order valence-corrected chi connectivity index (χ0v) is 16.4. The molecule has 1 heterocycles.